The Morgan fingerprint density at radius 2 is 1.68 bits per heavy atom. The Bertz CT molecular complexity index is 1260. The third-order valence-corrected chi connectivity index (χ3v) is 6.74. The number of hydrogen-bond acceptors (Lipinski definition) is 4. The monoisotopic (exact) mass is 493 g/mol. The second-order valence-electron chi connectivity index (χ2n) is 7.59. The van der Waals surface area contributed by atoms with Crippen LogP contribution >= 0.6 is 0 Å². The van der Waals surface area contributed by atoms with E-state index in [1.165, 1.54) is 31.3 Å². The van der Waals surface area contributed by atoms with Crippen molar-refractivity contribution in [3.63, 3.8) is 0 Å². The van der Waals surface area contributed by atoms with Crippen molar-refractivity contribution in [2.45, 2.75) is 18.5 Å². The highest BCUT2D eigenvalue weighted by Crippen LogP contribution is 2.36. The highest BCUT2D eigenvalue weighted by molar-refractivity contribution is 7.88. The molecule has 10 heteroatoms. The Labute approximate surface area is 195 Å². The van der Waals surface area contributed by atoms with E-state index in [4.69, 9.17) is 9.84 Å². The van der Waals surface area contributed by atoms with Gasteiger partial charge in [-0.15, -0.1) is 0 Å². The van der Waals surface area contributed by atoms with Crippen LogP contribution in [0.1, 0.15) is 16.7 Å². The number of benzene rings is 3. The third-order valence-electron chi connectivity index (χ3n) is 4.97. The summed E-state index contributed by atoms with van der Waals surface area (Å²) in [5, 5.41) is 8.92. The number of carbonyl (C=O) groups is 1. The summed E-state index contributed by atoms with van der Waals surface area (Å²) in [6.07, 6.45) is -4.57. The summed E-state index contributed by atoms with van der Waals surface area (Å²) >= 11 is 0. The first kappa shape index (κ1) is 25.3. The summed E-state index contributed by atoms with van der Waals surface area (Å²) in [5.74, 6) is -1.38. The number of rotatable bonds is 9. The van der Waals surface area contributed by atoms with Crippen LogP contribution in [0.4, 0.5) is 13.2 Å². The number of carboxylic acids is 1. The van der Waals surface area contributed by atoms with Gasteiger partial charge in [0.15, 0.2) is 6.61 Å². The highest BCUT2D eigenvalue weighted by Gasteiger charge is 2.30. The van der Waals surface area contributed by atoms with Crippen LogP contribution in [0.2, 0.25) is 0 Å². The number of aliphatic carboxylic acids is 1. The molecule has 0 fully saturated rings. The molecule has 0 saturated heterocycles. The van der Waals surface area contributed by atoms with Crippen molar-refractivity contribution in [2.75, 3.05) is 13.7 Å². The molecule has 0 amide bonds. The average molecular weight is 494 g/mol. The number of nitrogens with zero attached hydrogens (tertiary/aromatic N) is 1. The van der Waals surface area contributed by atoms with Crippen LogP contribution in [0.5, 0.6) is 5.75 Å². The van der Waals surface area contributed by atoms with Crippen molar-refractivity contribution >= 4 is 16.0 Å². The Morgan fingerprint density at radius 1 is 0.971 bits per heavy atom. The van der Waals surface area contributed by atoms with Crippen molar-refractivity contribution in [3.8, 4) is 16.9 Å². The van der Waals surface area contributed by atoms with Gasteiger partial charge in [0.25, 0.3) is 0 Å². The molecule has 0 radical (unpaired) electrons. The molecule has 0 aliphatic heterocycles. The molecule has 3 rings (SSSR count). The molecule has 0 atom stereocenters. The third kappa shape index (κ3) is 6.58. The molecule has 3 aromatic rings. The van der Waals surface area contributed by atoms with Gasteiger partial charge < -0.3 is 9.84 Å². The normalized spacial score (nSPS) is 12.0. The molecule has 3 aromatic carbocycles. The molecule has 0 spiro atoms. The first-order valence-corrected chi connectivity index (χ1v) is 11.7. The summed E-state index contributed by atoms with van der Waals surface area (Å²) in [6.45, 7) is -0.725. The number of ether oxygens (including phenoxy) is 1. The molecule has 0 aliphatic carbocycles. The first-order valence-electron chi connectivity index (χ1n) is 10.1. The van der Waals surface area contributed by atoms with Gasteiger partial charge in [0.05, 0.1) is 11.3 Å². The van der Waals surface area contributed by atoms with Crippen LogP contribution in [0.15, 0.2) is 72.8 Å². The average Bonchev–Trinajstić information content (AvgIpc) is 2.78. The standard InChI is InChI=1S/C24H22F3NO5S/c1-28(34(31,32)16-17-6-3-2-4-7-17)14-18-10-11-22(33-15-23(29)30)21(12-18)19-8-5-9-20(13-19)24(25,26)27/h2-13H,14-16H2,1H3,(H,29,30). The number of sulfonamides is 1. The minimum atomic E-state index is -4.57. The molecular formula is C24H22F3NO5S. The van der Waals surface area contributed by atoms with Crippen LogP contribution in [0.25, 0.3) is 11.1 Å². The molecule has 0 unspecified atom stereocenters. The van der Waals surface area contributed by atoms with E-state index < -0.39 is 34.3 Å². The molecule has 0 saturated carbocycles. The van der Waals surface area contributed by atoms with Crippen LogP contribution in [-0.2, 0) is 33.3 Å². The summed E-state index contributed by atoms with van der Waals surface area (Å²) in [6, 6.07) is 17.7. The van der Waals surface area contributed by atoms with Gasteiger partial charge in [-0.1, -0.05) is 48.5 Å². The van der Waals surface area contributed by atoms with Gasteiger partial charge in [-0.2, -0.15) is 13.2 Å². The lowest BCUT2D eigenvalue weighted by Gasteiger charge is -2.19. The van der Waals surface area contributed by atoms with E-state index >= 15 is 0 Å². The number of hydrogen-bond donors (Lipinski definition) is 1. The zero-order valence-corrected chi connectivity index (χ0v) is 18.9. The first-order chi connectivity index (χ1) is 16.0. The van der Waals surface area contributed by atoms with Gasteiger partial charge in [0, 0.05) is 19.2 Å². The number of alkyl halides is 3. The fourth-order valence-corrected chi connectivity index (χ4v) is 4.46. The maximum absolute atomic E-state index is 13.2. The van der Waals surface area contributed by atoms with Crippen molar-refractivity contribution in [1.29, 1.82) is 0 Å². The molecule has 0 bridgehead atoms. The van der Waals surface area contributed by atoms with Gasteiger partial charge in [-0.25, -0.2) is 17.5 Å². The van der Waals surface area contributed by atoms with Crippen molar-refractivity contribution in [3.05, 3.63) is 89.5 Å². The maximum atomic E-state index is 13.2. The predicted octanol–water partition coefficient (Wildman–Crippen LogP) is 4.80. The quantitative estimate of drug-likeness (QED) is 0.463. The summed E-state index contributed by atoms with van der Waals surface area (Å²) in [5.41, 5.74) is 0.623. The largest absolute Gasteiger partial charge is 0.481 e. The highest BCUT2D eigenvalue weighted by atomic mass is 32.2. The molecule has 0 aliphatic rings. The Balaban J connectivity index is 1.93. The van der Waals surface area contributed by atoms with E-state index in [2.05, 4.69) is 0 Å². The Hall–Kier alpha value is -3.37. The second-order valence-corrected chi connectivity index (χ2v) is 9.67. The van der Waals surface area contributed by atoms with Crippen LogP contribution in [0.3, 0.4) is 0 Å². The summed E-state index contributed by atoms with van der Waals surface area (Å²) < 4.78 is 71.6. The van der Waals surface area contributed by atoms with Gasteiger partial charge in [-0.05, 0) is 41.0 Å². The van der Waals surface area contributed by atoms with Crippen LogP contribution in [0, 0.1) is 0 Å². The van der Waals surface area contributed by atoms with Crippen molar-refractivity contribution < 1.29 is 36.2 Å². The minimum Gasteiger partial charge on any atom is -0.481 e. The van der Waals surface area contributed by atoms with Crippen molar-refractivity contribution in [2.24, 2.45) is 0 Å². The van der Waals surface area contributed by atoms with E-state index in [1.54, 1.807) is 36.4 Å². The van der Waals surface area contributed by atoms with E-state index in [0.29, 0.717) is 11.1 Å². The lowest BCUT2D eigenvalue weighted by molar-refractivity contribution is -0.139. The lowest BCUT2D eigenvalue weighted by atomic mass is 9.99. The second kappa shape index (κ2) is 10.3. The zero-order chi connectivity index (χ0) is 24.9. The van der Waals surface area contributed by atoms with Gasteiger partial charge in [0.2, 0.25) is 10.0 Å². The molecule has 180 valence electrons. The Morgan fingerprint density at radius 3 is 2.32 bits per heavy atom. The molecule has 0 heterocycles. The molecular weight excluding hydrogens is 471 g/mol. The smallest absolute Gasteiger partial charge is 0.416 e. The van der Waals surface area contributed by atoms with E-state index in [-0.39, 0.29) is 29.2 Å². The number of halogens is 3. The summed E-state index contributed by atoms with van der Waals surface area (Å²) in [4.78, 5) is 10.9. The number of carboxylic acid groups (broad SMARTS) is 1. The van der Waals surface area contributed by atoms with E-state index in [1.807, 2.05) is 0 Å². The predicted molar refractivity (Wildman–Crippen MR) is 121 cm³/mol. The molecule has 0 aromatic heterocycles. The van der Waals surface area contributed by atoms with Crippen LogP contribution in [-0.4, -0.2) is 37.5 Å². The van der Waals surface area contributed by atoms with E-state index in [0.717, 1.165) is 16.4 Å². The zero-order valence-electron chi connectivity index (χ0n) is 18.1. The van der Waals surface area contributed by atoms with Gasteiger partial charge in [-0.3, -0.25) is 0 Å². The fraction of sp³-hybridized carbons (Fsp3) is 0.208. The van der Waals surface area contributed by atoms with Crippen molar-refractivity contribution in [1.82, 2.24) is 4.31 Å². The molecule has 6 nitrogen and oxygen atoms in total. The molecule has 34 heavy (non-hydrogen) atoms. The topological polar surface area (TPSA) is 83.9 Å². The Kier molecular flexibility index (Phi) is 7.63. The van der Waals surface area contributed by atoms with Gasteiger partial charge in [0.1, 0.15) is 5.75 Å². The van der Waals surface area contributed by atoms with E-state index in [9.17, 15) is 26.4 Å². The van der Waals surface area contributed by atoms with Gasteiger partial charge >= 0.3 is 12.1 Å². The SMILES string of the molecule is CN(Cc1ccc(OCC(=O)O)c(-c2cccc(C(F)(F)F)c2)c1)S(=O)(=O)Cc1ccccc1. The minimum absolute atomic E-state index is 0.0413. The molecule has 1 N–H and O–H groups in total. The lowest BCUT2D eigenvalue weighted by Crippen LogP contribution is -2.27. The fourth-order valence-electron chi connectivity index (χ4n) is 3.28. The maximum Gasteiger partial charge on any atom is 0.416 e. The van der Waals surface area contributed by atoms with Crippen LogP contribution < -0.4 is 4.74 Å². The summed E-state index contributed by atoms with van der Waals surface area (Å²) in [7, 11) is -2.26.